The van der Waals surface area contributed by atoms with Crippen LogP contribution in [0.5, 0.6) is 17.2 Å². The summed E-state index contributed by atoms with van der Waals surface area (Å²) in [4.78, 5) is 27.7. The molecule has 0 saturated heterocycles. The van der Waals surface area contributed by atoms with Gasteiger partial charge in [-0.15, -0.1) is 0 Å². The van der Waals surface area contributed by atoms with Crippen LogP contribution in [-0.4, -0.2) is 46.2 Å². The van der Waals surface area contributed by atoms with Crippen molar-refractivity contribution in [2.75, 3.05) is 23.8 Å². The third-order valence-corrected chi connectivity index (χ3v) is 5.60. The summed E-state index contributed by atoms with van der Waals surface area (Å²) in [7, 11) is 0. The van der Waals surface area contributed by atoms with Gasteiger partial charge in [-0.1, -0.05) is 20.8 Å². The van der Waals surface area contributed by atoms with Crippen molar-refractivity contribution in [2.24, 2.45) is 0 Å². The number of anilines is 2. The van der Waals surface area contributed by atoms with E-state index >= 15 is 0 Å². The molecule has 0 aliphatic carbocycles. The van der Waals surface area contributed by atoms with Crippen LogP contribution >= 0.6 is 0 Å². The molecule has 0 radical (unpaired) electrons. The van der Waals surface area contributed by atoms with E-state index in [-0.39, 0.29) is 12.0 Å². The molecular formula is C29H28F3N5O5. The SMILES string of the molecule is CC(C)(C)c1cc(NC(=O)Nc2ccc(Oc3cccnc3)cc2)n(-c2ccc(OCCOC(=O)C(F)(F)F)cc2)n1. The summed E-state index contributed by atoms with van der Waals surface area (Å²) in [6.07, 6.45) is -1.81. The monoisotopic (exact) mass is 583 g/mol. The second-order valence-corrected chi connectivity index (χ2v) is 9.95. The van der Waals surface area contributed by atoms with Crippen LogP contribution < -0.4 is 20.1 Å². The number of nitrogens with one attached hydrogen (secondary N) is 2. The second-order valence-electron chi connectivity index (χ2n) is 9.95. The Bertz CT molecular complexity index is 1500. The molecule has 2 aromatic carbocycles. The van der Waals surface area contributed by atoms with Crippen LogP contribution in [0.15, 0.2) is 79.1 Å². The number of hydrogen-bond donors (Lipinski definition) is 2. The zero-order chi connectivity index (χ0) is 30.3. The van der Waals surface area contributed by atoms with Gasteiger partial charge in [0.05, 0.1) is 17.6 Å². The lowest BCUT2D eigenvalue weighted by molar-refractivity contribution is -0.200. The highest BCUT2D eigenvalue weighted by Gasteiger charge is 2.40. The molecule has 0 aliphatic heterocycles. The maximum Gasteiger partial charge on any atom is 0.490 e. The van der Waals surface area contributed by atoms with Gasteiger partial charge < -0.3 is 19.5 Å². The first-order chi connectivity index (χ1) is 19.9. The van der Waals surface area contributed by atoms with E-state index in [2.05, 4.69) is 25.5 Å². The van der Waals surface area contributed by atoms with Crippen molar-refractivity contribution in [1.82, 2.24) is 14.8 Å². The van der Waals surface area contributed by atoms with Crippen molar-refractivity contribution < 1.29 is 37.0 Å². The molecule has 0 bridgehead atoms. The van der Waals surface area contributed by atoms with Gasteiger partial charge in [0.25, 0.3) is 0 Å². The van der Waals surface area contributed by atoms with Gasteiger partial charge in [0, 0.05) is 23.4 Å². The van der Waals surface area contributed by atoms with Crippen LogP contribution in [0.4, 0.5) is 29.5 Å². The van der Waals surface area contributed by atoms with E-state index in [1.807, 2.05) is 20.8 Å². The van der Waals surface area contributed by atoms with Crippen LogP contribution in [0.1, 0.15) is 26.5 Å². The van der Waals surface area contributed by atoms with E-state index in [1.54, 1.807) is 83.8 Å². The van der Waals surface area contributed by atoms with Crippen LogP contribution in [0.25, 0.3) is 5.69 Å². The average molecular weight is 584 g/mol. The Morgan fingerprint density at radius 2 is 1.57 bits per heavy atom. The minimum Gasteiger partial charge on any atom is -0.490 e. The third-order valence-electron chi connectivity index (χ3n) is 5.60. The highest BCUT2D eigenvalue weighted by molar-refractivity contribution is 5.99. The van der Waals surface area contributed by atoms with E-state index in [1.165, 1.54) is 0 Å². The number of carbonyl (C=O) groups excluding carboxylic acids is 2. The Balaban J connectivity index is 1.40. The lowest BCUT2D eigenvalue weighted by Crippen LogP contribution is -2.27. The maximum atomic E-state index is 12.9. The number of urea groups is 1. The van der Waals surface area contributed by atoms with Crippen LogP contribution in [-0.2, 0) is 14.9 Å². The zero-order valence-corrected chi connectivity index (χ0v) is 22.9. The predicted octanol–water partition coefficient (Wildman–Crippen LogP) is 6.49. The molecule has 2 N–H and O–H groups in total. The van der Waals surface area contributed by atoms with Crippen LogP contribution in [0.3, 0.4) is 0 Å². The smallest absolute Gasteiger partial charge is 0.490 e. The Morgan fingerprint density at radius 1 is 0.881 bits per heavy atom. The van der Waals surface area contributed by atoms with Crippen LogP contribution in [0, 0.1) is 0 Å². The third kappa shape index (κ3) is 8.22. The standard InChI is InChI=1S/C29H28F3N5O5/c1-28(2,3)24-17-25(35-27(39)34-19-6-10-22(11-7-19)42-23-5-4-14-33-18-23)37(36-24)20-8-12-21(13-9-20)40-15-16-41-26(38)29(30,31)32/h4-14,17-18H,15-16H2,1-3H3,(H2,34,35,39). The quantitative estimate of drug-likeness (QED) is 0.171. The maximum absolute atomic E-state index is 12.9. The highest BCUT2D eigenvalue weighted by atomic mass is 19.4. The largest absolute Gasteiger partial charge is 0.490 e. The Kier molecular flexibility index (Phi) is 8.99. The molecule has 4 rings (SSSR count). The van der Waals surface area contributed by atoms with Gasteiger partial charge in [-0.3, -0.25) is 10.3 Å². The molecule has 4 aromatic rings. The molecule has 42 heavy (non-hydrogen) atoms. The zero-order valence-electron chi connectivity index (χ0n) is 22.9. The number of pyridine rings is 1. The summed E-state index contributed by atoms with van der Waals surface area (Å²) >= 11 is 0. The topological polar surface area (TPSA) is 117 Å². The van der Waals surface area contributed by atoms with Gasteiger partial charge in [0.15, 0.2) is 0 Å². The second kappa shape index (κ2) is 12.6. The lowest BCUT2D eigenvalue weighted by Gasteiger charge is -2.14. The van der Waals surface area contributed by atoms with E-state index in [9.17, 15) is 22.8 Å². The minimum atomic E-state index is -5.06. The molecule has 2 heterocycles. The number of ether oxygens (including phenoxy) is 3. The van der Waals surface area contributed by atoms with Crippen LogP contribution in [0.2, 0.25) is 0 Å². The summed E-state index contributed by atoms with van der Waals surface area (Å²) in [5, 5.41) is 10.3. The number of hydrogen-bond acceptors (Lipinski definition) is 7. The molecule has 0 unspecified atom stereocenters. The van der Waals surface area contributed by atoms with Gasteiger partial charge in [0.1, 0.15) is 36.3 Å². The van der Waals surface area contributed by atoms with E-state index < -0.39 is 24.8 Å². The Morgan fingerprint density at radius 3 is 2.19 bits per heavy atom. The van der Waals surface area contributed by atoms with Gasteiger partial charge in [-0.2, -0.15) is 18.3 Å². The first kappa shape index (κ1) is 29.9. The fourth-order valence-corrected chi connectivity index (χ4v) is 3.52. The van der Waals surface area contributed by atoms with Crippen molar-refractivity contribution in [1.29, 1.82) is 0 Å². The molecule has 0 spiro atoms. The molecule has 2 aromatic heterocycles. The molecule has 0 atom stereocenters. The number of aromatic nitrogens is 3. The highest BCUT2D eigenvalue weighted by Crippen LogP contribution is 2.28. The van der Waals surface area contributed by atoms with Crippen molar-refractivity contribution >= 4 is 23.5 Å². The van der Waals surface area contributed by atoms with E-state index in [0.717, 1.165) is 5.69 Å². The van der Waals surface area contributed by atoms with E-state index in [4.69, 9.17) is 9.47 Å². The molecular weight excluding hydrogens is 555 g/mol. The van der Waals surface area contributed by atoms with Gasteiger partial charge >= 0.3 is 18.2 Å². The fourth-order valence-electron chi connectivity index (χ4n) is 3.52. The number of benzene rings is 2. The molecule has 220 valence electrons. The molecule has 0 aliphatic rings. The Hall–Kier alpha value is -5.07. The van der Waals surface area contributed by atoms with Crippen molar-refractivity contribution in [3.63, 3.8) is 0 Å². The average Bonchev–Trinajstić information content (AvgIpc) is 3.37. The molecule has 0 fully saturated rings. The number of rotatable bonds is 9. The Labute approximate surface area is 239 Å². The molecule has 10 nitrogen and oxygen atoms in total. The molecule has 0 saturated carbocycles. The van der Waals surface area contributed by atoms with E-state index in [0.29, 0.717) is 34.4 Å². The summed E-state index contributed by atoms with van der Waals surface area (Å²) in [5.41, 5.74) is 1.53. The number of carbonyl (C=O) groups is 2. The number of alkyl halides is 3. The number of amides is 2. The molecule has 13 heteroatoms. The normalized spacial score (nSPS) is 11.5. The van der Waals surface area contributed by atoms with Gasteiger partial charge in [-0.05, 0) is 60.7 Å². The minimum absolute atomic E-state index is 0.263. The summed E-state index contributed by atoms with van der Waals surface area (Å²) < 4.78 is 53.4. The number of nitrogens with zero attached hydrogens (tertiary/aromatic N) is 3. The fraction of sp³-hybridized carbons (Fsp3) is 0.241. The first-order valence-corrected chi connectivity index (χ1v) is 12.7. The number of halogens is 3. The number of esters is 1. The van der Waals surface area contributed by atoms with Gasteiger partial charge in [-0.25, -0.2) is 14.3 Å². The summed E-state index contributed by atoms with van der Waals surface area (Å²) in [6.45, 7) is 5.14. The van der Waals surface area contributed by atoms with Crippen molar-refractivity contribution in [2.45, 2.75) is 32.4 Å². The van der Waals surface area contributed by atoms with Crippen molar-refractivity contribution in [3.8, 4) is 22.9 Å². The first-order valence-electron chi connectivity index (χ1n) is 12.7. The molecule has 2 amide bonds. The lowest BCUT2D eigenvalue weighted by atomic mass is 9.92. The summed E-state index contributed by atoms with van der Waals surface area (Å²) in [6, 6.07) is 18.1. The predicted molar refractivity (Wildman–Crippen MR) is 148 cm³/mol. The summed E-state index contributed by atoms with van der Waals surface area (Å²) in [5.74, 6) is -0.359. The van der Waals surface area contributed by atoms with Gasteiger partial charge in [0.2, 0.25) is 0 Å². The van der Waals surface area contributed by atoms with Crippen molar-refractivity contribution in [3.05, 3.63) is 84.8 Å².